The van der Waals surface area contributed by atoms with Crippen molar-refractivity contribution >= 4 is 17.7 Å². The minimum absolute atomic E-state index is 0.365. The van der Waals surface area contributed by atoms with Crippen molar-refractivity contribution < 1.29 is 34.8 Å². The zero-order chi connectivity index (χ0) is 17.8. The van der Waals surface area contributed by atoms with E-state index >= 15 is 0 Å². The van der Waals surface area contributed by atoms with Crippen LogP contribution < -0.4 is 16.4 Å². The van der Waals surface area contributed by atoms with Crippen LogP contribution in [0, 0.1) is 0 Å². The van der Waals surface area contributed by atoms with Gasteiger partial charge in [0.05, 0.1) is 58.1 Å². The Morgan fingerprint density at radius 3 is 1.39 bits per heavy atom. The molecular weight excluding hydrogens is 312 g/mol. The zero-order valence-electron chi connectivity index (χ0n) is 12.6. The van der Waals surface area contributed by atoms with Crippen molar-refractivity contribution in [3.05, 3.63) is 0 Å². The number of aliphatic hydroxyl groups excluding tert-OH is 4. The number of aliphatic hydroxyl groups is 4. The summed E-state index contributed by atoms with van der Waals surface area (Å²) in [7, 11) is 0. The van der Waals surface area contributed by atoms with E-state index in [2.05, 4.69) is 10.6 Å². The molecule has 0 aromatic carbocycles. The molecule has 0 bridgehead atoms. The van der Waals surface area contributed by atoms with Crippen LogP contribution in [0.25, 0.3) is 0 Å². The molecule has 0 atom stereocenters. The van der Waals surface area contributed by atoms with Gasteiger partial charge in [-0.25, -0.2) is 0 Å². The summed E-state index contributed by atoms with van der Waals surface area (Å²) in [5.41, 5.74) is 5.05. The summed E-state index contributed by atoms with van der Waals surface area (Å²) in [5, 5.41) is 40.1. The first-order valence-corrected chi connectivity index (χ1v) is 6.89. The molecule has 11 heteroatoms. The Kier molecular flexibility index (Phi) is 10.8. The summed E-state index contributed by atoms with van der Waals surface area (Å²) in [6.45, 7) is -2.96. The van der Waals surface area contributed by atoms with Gasteiger partial charge in [-0.2, -0.15) is 0 Å². The molecule has 134 valence electrons. The van der Waals surface area contributed by atoms with Gasteiger partial charge in [-0.05, 0) is 0 Å². The fourth-order valence-corrected chi connectivity index (χ4v) is 1.64. The standard InChI is InChI=1S/C12H24N4O7/c13-10(21)1-16(2-11(22)14-8(4-17)5-18)3-12(23)15-9(6-19)7-20/h8-9,17-20H,1-7H2,(H2,13,21)(H,14,22)(H,15,23). The number of carbonyl (C=O) groups is 3. The summed E-state index contributed by atoms with van der Waals surface area (Å²) >= 11 is 0. The third-order valence-corrected chi connectivity index (χ3v) is 2.73. The van der Waals surface area contributed by atoms with Crippen molar-refractivity contribution in [2.45, 2.75) is 12.1 Å². The molecule has 0 unspecified atom stereocenters. The fraction of sp³-hybridized carbons (Fsp3) is 0.750. The molecule has 0 saturated heterocycles. The smallest absolute Gasteiger partial charge is 0.234 e. The fourth-order valence-electron chi connectivity index (χ4n) is 1.64. The molecule has 0 aliphatic carbocycles. The highest BCUT2D eigenvalue weighted by molar-refractivity contribution is 5.83. The third-order valence-electron chi connectivity index (χ3n) is 2.73. The monoisotopic (exact) mass is 336 g/mol. The summed E-state index contributed by atoms with van der Waals surface area (Å²) in [6, 6.07) is -1.69. The van der Waals surface area contributed by atoms with Crippen LogP contribution in [0.2, 0.25) is 0 Å². The molecule has 0 rings (SSSR count). The lowest BCUT2D eigenvalue weighted by atomic mass is 10.3. The van der Waals surface area contributed by atoms with E-state index < -0.39 is 56.2 Å². The van der Waals surface area contributed by atoms with E-state index in [0.29, 0.717) is 0 Å². The van der Waals surface area contributed by atoms with Gasteiger partial charge in [0, 0.05) is 0 Å². The molecule has 0 radical (unpaired) electrons. The van der Waals surface area contributed by atoms with Gasteiger partial charge in [0.25, 0.3) is 0 Å². The number of primary amides is 1. The van der Waals surface area contributed by atoms with Gasteiger partial charge >= 0.3 is 0 Å². The molecule has 0 heterocycles. The van der Waals surface area contributed by atoms with Crippen LogP contribution in [0.3, 0.4) is 0 Å². The lowest BCUT2D eigenvalue weighted by Crippen LogP contribution is -2.50. The normalized spacial score (nSPS) is 11.1. The first-order chi connectivity index (χ1) is 10.9. The minimum Gasteiger partial charge on any atom is -0.394 e. The van der Waals surface area contributed by atoms with Gasteiger partial charge in [-0.15, -0.1) is 0 Å². The number of amides is 3. The second-order valence-electron chi connectivity index (χ2n) is 4.87. The van der Waals surface area contributed by atoms with E-state index in [9.17, 15) is 14.4 Å². The maximum atomic E-state index is 11.7. The Morgan fingerprint density at radius 1 is 0.783 bits per heavy atom. The van der Waals surface area contributed by atoms with E-state index in [0.717, 1.165) is 4.90 Å². The van der Waals surface area contributed by atoms with E-state index in [1.807, 2.05) is 0 Å². The summed E-state index contributed by atoms with van der Waals surface area (Å²) < 4.78 is 0. The first-order valence-electron chi connectivity index (χ1n) is 6.89. The molecule has 0 fully saturated rings. The predicted molar refractivity (Wildman–Crippen MR) is 77.8 cm³/mol. The molecule has 0 aliphatic heterocycles. The second-order valence-corrected chi connectivity index (χ2v) is 4.87. The molecular formula is C12H24N4O7. The number of rotatable bonds is 12. The van der Waals surface area contributed by atoms with Gasteiger partial charge < -0.3 is 36.8 Å². The molecule has 11 nitrogen and oxygen atoms in total. The maximum absolute atomic E-state index is 11.7. The molecule has 0 spiro atoms. The minimum atomic E-state index is -0.847. The molecule has 0 saturated carbocycles. The highest BCUT2D eigenvalue weighted by atomic mass is 16.3. The van der Waals surface area contributed by atoms with Crippen molar-refractivity contribution in [2.75, 3.05) is 46.1 Å². The van der Waals surface area contributed by atoms with E-state index in [4.69, 9.17) is 26.2 Å². The van der Waals surface area contributed by atoms with Crippen LogP contribution in [0.15, 0.2) is 0 Å². The van der Waals surface area contributed by atoms with Crippen molar-refractivity contribution in [3.63, 3.8) is 0 Å². The van der Waals surface area contributed by atoms with Gasteiger partial charge in [0.1, 0.15) is 0 Å². The molecule has 3 amide bonds. The quantitative estimate of drug-likeness (QED) is 0.184. The van der Waals surface area contributed by atoms with Gasteiger partial charge in [0.2, 0.25) is 17.7 Å². The number of nitrogens with two attached hydrogens (primary N) is 1. The van der Waals surface area contributed by atoms with Crippen molar-refractivity contribution in [3.8, 4) is 0 Å². The molecule has 0 aromatic rings. The van der Waals surface area contributed by atoms with E-state index in [-0.39, 0.29) is 19.6 Å². The second kappa shape index (κ2) is 11.7. The summed E-state index contributed by atoms with van der Waals surface area (Å²) in [5.74, 6) is -1.99. The van der Waals surface area contributed by atoms with Crippen molar-refractivity contribution in [1.82, 2.24) is 15.5 Å². The molecule has 0 aliphatic rings. The van der Waals surface area contributed by atoms with Gasteiger partial charge in [-0.1, -0.05) is 0 Å². The molecule has 23 heavy (non-hydrogen) atoms. The number of hydrogen-bond donors (Lipinski definition) is 7. The van der Waals surface area contributed by atoms with Crippen LogP contribution in [0.1, 0.15) is 0 Å². The first kappa shape index (κ1) is 21.2. The lowest BCUT2D eigenvalue weighted by molar-refractivity contribution is -0.128. The predicted octanol–water partition coefficient (Wildman–Crippen LogP) is -5.29. The molecule has 0 aromatic heterocycles. The number of nitrogens with one attached hydrogen (secondary N) is 2. The van der Waals surface area contributed by atoms with Crippen LogP contribution in [-0.4, -0.2) is 101 Å². The van der Waals surface area contributed by atoms with E-state index in [1.54, 1.807) is 0 Å². The number of hydrogen-bond acceptors (Lipinski definition) is 8. The summed E-state index contributed by atoms with van der Waals surface area (Å²) in [4.78, 5) is 35.6. The largest absolute Gasteiger partial charge is 0.394 e. The average molecular weight is 336 g/mol. The van der Waals surface area contributed by atoms with Crippen molar-refractivity contribution in [1.29, 1.82) is 0 Å². The topological polar surface area (TPSA) is 185 Å². The Morgan fingerprint density at radius 2 is 1.13 bits per heavy atom. The third kappa shape index (κ3) is 9.76. The van der Waals surface area contributed by atoms with Gasteiger partial charge in [-0.3, -0.25) is 19.3 Å². The number of nitrogens with zero attached hydrogens (tertiary/aromatic N) is 1. The number of carbonyl (C=O) groups excluding carboxylic acids is 3. The van der Waals surface area contributed by atoms with Crippen LogP contribution >= 0.6 is 0 Å². The summed E-state index contributed by atoms with van der Waals surface area (Å²) in [6.07, 6.45) is 0. The lowest BCUT2D eigenvalue weighted by Gasteiger charge is -2.22. The Balaban J connectivity index is 4.59. The van der Waals surface area contributed by atoms with Crippen molar-refractivity contribution in [2.24, 2.45) is 5.73 Å². The SMILES string of the molecule is NC(=O)CN(CC(=O)NC(CO)CO)CC(=O)NC(CO)CO. The highest BCUT2D eigenvalue weighted by Crippen LogP contribution is 1.91. The van der Waals surface area contributed by atoms with Crippen LogP contribution in [0.4, 0.5) is 0 Å². The molecule has 8 N–H and O–H groups in total. The average Bonchev–Trinajstić information content (AvgIpc) is 2.49. The Labute approximate surface area is 133 Å². The highest BCUT2D eigenvalue weighted by Gasteiger charge is 2.19. The van der Waals surface area contributed by atoms with Crippen LogP contribution in [-0.2, 0) is 14.4 Å². The van der Waals surface area contributed by atoms with Gasteiger partial charge in [0.15, 0.2) is 0 Å². The Bertz CT molecular complexity index is 358. The van der Waals surface area contributed by atoms with E-state index in [1.165, 1.54) is 0 Å². The Hall–Kier alpha value is -1.79. The maximum Gasteiger partial charge on any atom is 0.234 e. The van der Waals surface area contributed by atoms with Crippen LogP contribution in [0.5, 0.6) is 0 Å². The zero-order valence-corrected chi connectivity index (χ0v) is 12.6.